The van der Waals surface area contributed by atoms with E-state index in [4.69, 9.17) is 26.8 Å². The average molecular weight is 255 g/mol. The standard InChI is InChI=1S/C10H17N5O3/c11-3-6(8(12)14-5-1-2-5)9(17)15(13)10-7(4-16)18-10/h3,5,7,10-11,14,16H,1-2,4,12-13H2/b8-6+,11-3?. The zero-order chi connectivity index (χ0) is 13.3. The van der Waals surface area contributed by atoms with Gasteiger partial charge in [-0.2, -0.15) is 0 Å². The minimum atomic E-state index is -0.647. The Morgan fingerprint density at radius 2 is 2.28 bits per heavy atom. The van der Waals surface area contributed by atoms with Crippen LogP contribution in [-0.2, 0) is 9.53 Å². The first-order chi connectivity index (χ1) is 8.58. The molecule has 7 N–H and O–H groups in total. The van der Waals surface area contributed by atoms with Crippen molar-refractivity contribution < 1.29 is 14.6 Å². The summed E-state index contributed by atoms with van der Waals surface area (Å²) in [6.45, 7) is -0.203. The first-order valence-corrected chi connectivity index (χ1v) is 5.69. The van der Waals surface area contributed by atoms with Crippen LogP contribution >= 0.6 is 0 Å². The second-order valence-corrected chi connectivity index (χ2v) is 4.35. The van der Waals surface area contributed by atoms with E-state index >= 15 is 0 Å². The van der Waals surface area contributed by atoms with Crippen LogP contribution in [0.1, 0.15) is 12.8 Å². The third kappa shape index (κ3) is 2.61. The highest BCUT2D eigenvalue weighted by Crippen LogP contribution is 2.24. The van der Waals surface area contributed by atoms with Crippen molar-refractivity contribution in [3.63, 3.8) is 0 Å². The topological polar surface area (TPSA) is 141 Å². The van der Waals surface area contributed by atoms with Crippen LogP contribution in [0.25, 0.3) is 0 Å². The molecular weight excluding hydrogens is 238 g/mol. The predicted molar refractivity (Wildman–Crippen MR) is 62.9 cm³/mol. The van der Waals surface area contributed by atoms with Crippen LogP contribution in [0.2, 0.25) is 0 Å². The molecule has 100 valence electrons. The minimum absolute atomic E-state index is 0.00316. The number of hydrogen-bond acceptors (Lipinski definition) is 7. The number of nitrogens with one attached hydrogen (secondary N) is 2. The minimum Gasteiger partial charge on any atom is -0.393 e. The molecule has 1 heterocycles. The number of rotatable bonds is 6. The summed E-state index contributed by atoms with van der Waals surface area (Å²) in [5.41, 5.74) is 5.72. The lowest BCUT2D eigenvalue weighted by Gasteiger charge is -2.16. The molecule has 1 saturated carbocycles. The molecule has 1 aliphatic heterocycles. The lowest BCUT2D eigenvalue weighted by molar-refractivity contribution is -0.129. The predicted octanol–water partition coefficient (Wildman–Crippen LogP) is -2.02. The number of epoxide rings is 1. The molecule has 0 aromatic heterocycles. The Morgan fingerprint density at radius 1 is 1.61 bits per heavy atom. The molecule has 2 rings (SSSR count). The maximum atomic E-state index is 12.0. The van der Waals surface area contributed by atoms with Crippen LogP contribution in [0.3, 0.4) is 0 Å². The van der Waals surface area contributed by atoms with Crippen LogP contribution in [0.5, 0.6) is 0 Å². The molecule has 2 unspecified atom stereocenters. The van der Waals surface area contributed by atoms with Gasteiger partial charge in [0, 0.05) is 12.3 Å². The number of aliphatic hydroxyl groups excluding tert-OH is 1. The molecule has 2 fully saturated rings. The number of aliphatic hydroxyl groups is 1. The first kappa shape index (κ1) is 12.8. The second kappa shape index (κ2) is 4.92. The highest BCUT2D eigenvalue weighted by molar-refractivity contribution is 6.11. The van der Waals surface area contributed by atoms with Gasteiger partial charge in [0.15, 0.2) is 6.23 Å². The summed E-state index contributed by atoms with van der Waals surface area (Å²) in [7, 11) is 0. The van der Waals surface area contributed by atoms with E-state index in [1.165, 1.54) is 0 Å². The Labute approximate surface area is 104 Å². The highest BCUT2D eigenvalue weighted by atomic mass is 16.6. The quantitative estimate of drug-likeness (QED) is 0.0926. The number of nitrogens with zero attached hydrogens (tertiary/aromatic N) is 1. The van der Waals surface area contributed by atoms with E-state index in [0.717, 1.165) is 24.1 Å². The fourth-order valence-electron chi connectivity index (χ4n) is 1.55. The van der Waals surface area contributed by atoms with Crippen LogP contribution in [0.15, 0.2) is 11.4 Å². The van der Waals surface area contributed by atoms with Gasteiger partial charge in [-0.15, -0.1) is 0 Å². The number of hydrazine groups is 1. The largest absolute Gasteiger partial charge is 0.393 e. The van der Waals surface area contributed by atoms with E-state index in [2.05, 4.69) is 5.32 Å². The summed E-state index contributed by atoms with van der Waals surface area (Å²) < 4.78 is 4.99. The summed E-state index contributed by atoms with van der Waals surface area (Å²) in [5.74, 6) is 5.12. The normalized spacial score (nSPS) is 27.2. The molecule has 1 aliphatic carbocycles. The van der Waals surface area contributed by atoms with E-state index in [-0.39, 0.29) is 24.0 Å². The van der Waals surface area contributed by atoms with Gasteiger partial charge in [-0.3, -0.25) is 4.79 Å². The van der Waals surface area contributed by atoms with Gasteiger partial charge in [0.25, 0.3) is 5.91 Å². The van der Waals surface area contributed by atoms with Gasteiger partial charge in [0.05, 0.1) is 12.2 Å². The monoisotopic (exact) mass is 255 g/mol. The van der Waals surface area contributed by atoms with E-state index < -0.39 is 18.2 Å². The van der Waals surface area contributed by atoms with Gasteiger partial charge in [0.2, 0.25) is 0 Å². The van der Waals surface area contributed by atoms with Crippen molar-refractivity contribution in [2.45, 2.75) is 31.2 Å². The second-order valence-electron chi connectivity index (χ2n) is 4.35. The third-order valence-electron chi connectivity index (χ3n) is 2.85. The lowest BCUT2D eigenvalue weighted by atomic mass is 10.2. The fraction of sp³-hybridized carbons (Fsp3) is 0.600. The Kier molecular flexibility index (Phi) is 3.50. The molecule has 0 radical (unpaired) electrons. The van der Waals surface area contributed by atoms with Crippen molar-refractivity contribution in [3.05, 3.63) is 11.4 Å². The van der Waals surface area contributed by atoms with Crippen LogP contribution in [0.4, 0.5) is 0 Å². The van der Waals surface area contributed by atoms with Crippen molar-refractivity contribution in [1.82, 2.24) is 10.3 Å². The first-order valence-electron chi connectivity index (χ1n) is 5.69. The summed E-state index contributed by atoms with van der Waals surface area (Å²) in [6, 6.07) is 0.279. The van der Waals surface area contributed by atoms with Crippen molar-refractivity contribution >= 4 is 12.1 Å². The Balaban J connectivity index is 2.02. The summed E-state index contributed by atoms with van der Waals surface area (Å²) in [4.78, 5) is 12.0. The Bertz CT molecular complexity index is 393. The van der Waals surface area contributed by atoms with Gasteiger partial charge in [-0.25, -0.2) is 10.9 Å². The molecule has 1 saturated heterocycles. The molecule has 0 aromatic rings. The fourth-order valence-corrected chi connectivity index (χ4v) is 1.55. The maximum absolute atomic E-state index is 12.0. The zero-order valence-corrected chi connectivity index (χ0v) is 9.80. The number of ether oxygens (including phenoxy) is 1. The van der Waals surface area contributed by atoms with E-state index in [1.807, 2.05) is 0 Å². The van der Waals surface area contributed by atoms with Crippen LogP contribution in [0, 0.1) is 5.41 Å². The van der Waals surface area contributed by atoms with Crippen molar-refractivity contribution in [3.8, 4) is 0 Å². The molecule has 0 spiro atoms. The summed E-state index contributed by atoms with van der Waals surface area (Å²) in [6.07, 6.45) is 1.77. The van der Waals surface area contributed by atoms with Gasteiger partial charge in [-0.05, 0) is 12.8 Å². The summed E-state index contributed by atoms with van der Waals surface area (Å²) >= 11 is 0. The number of nitrogens with two attached hydrogens (primary N) is 2. The van der Waals surface area contributed by atoms with Gasteiger partial charge < -0.3 is 26.3 Å². The smallest absolute Gasteiger partial charge is 0.275 e. The van der Waals surface area contributed by atoms with Crippen LogP contribution in [-0.4, -0.2) is 47.2 Å². The molecule has 0 aromatic carbocycles. The van der Waals surface area contributed by atoms with E-state index in [9.17, 15) is 4.79 Å². The maximum Gasteiger partial charge on any atom is 0.275 e. The van der Waals surface area contributed by atoms with Gasteiger partial charge in [-0.1, -0.05) is 0 Å². The average Bonchev–Trinajstić information content (AvgIpc) is 3.23. The molecule has 1 amide bonds. The number of carbonyl (C=O) groups excluding carboxylic acids is 1. The van der Waals surface area contributed by atoms with Gasteiger partial charge >= 0.3 is 0 Å². The molecule has 18 heavy (non-hydrogen) atoms. The SMILES string of the molecule is N=C/C(C(=O)N(N)C1OC1CO)=C(/N)NC1CC1. The summed E-state index contributed by atoms with van der Waals surface area (Å²) in [5, 5.41) is 19.9. The number of hydrogen-bond donors (Lipinski definition) is 5. The van der Waals surface area contributed by atoms with Crippen molar-refractivity contribution in [2.75, 3.05) is 6.61 Å². The zero-order valence-electron chi connectivity index (χ0n) is 9.80. The molecule has 2 aliphatic rings. The Hall–Kier alpha value is -1.64. The highest BCUT2D eigenvalue weighted by Gasteiger charge is 2.45. The Morgan fingerprint density at radius 3 is 2.72 bits per heavy atom. The van der Waals surface area contributed by atoms with Gasteiger partial charge in [0.1, 0.15) is 11.9 Å². The molecular formula is C10H17N5O3. The molecule has 0 bridgehead atoms. The lowest BCUT2D eigenvalue weighted by Crippen LogP contribution is -2.44. The van der Waals surface area contributed by atoms with Crippen molar-refractivity contribution in [1.29, 1.82) is 5.41 Å². The molecule has 8 nitrogen and oxygen atoms in total. The molecule has 2 atom stereocenters. The third-order valence-corrected chi connectivity index (χ3v) is 2.85. The number of carbonyl (C=O) groups is 1. The van der Waals surface area contributed by atoms with Crippen molar-refractivity contribution in [2.24, 2.45) is 11.6 Å². The van der Waals surface area contributed by atoms with E-state index in [1.54, 1.807) is 0 Å². The number of amides is 1. The molecule has 8 heteroatoms. The van der Waals surface area contributed by atoms with E-state index in [0.29, 0.717) is 0 Å². The van der Waals surface area contributed by atoms with Crippen LogP contribution < -0.4 is 16.9 Å².